The number of Topliss-reactive ketones (excluding diaryl/α,β-unsaturated/α-hetero) is 1. The molecule has 100 valence electrons. The van der Waals surface area contributed by atoms with Gasteiger partial charge >= 0.3 is 0 Å². The van der Waals surface area contributed by atoms with Gasteiger partial charge in [0.25, 0.3) is 0 Å². The van der Waals surface area contributed by atoms with Gasteiger partial charge in [-0.05, 0) is 63.6 Å². The summed E-state index contributed by atoms with van der Waals surface area (Å²) in [4.78, 5) is 14.6. The molecule has 1 aromatic heterocycles. The van der Waals surface area contributed by atoms with Crippen molar-refractivity contribution in [1.29, 1.82) is 0 Å². The van der Waals surface area contributed by atoms with Crippen molar-refractivity contribution >= 4 is 49.0 Å². The lowest BCUT2D eigenvalue weighted by Crippen LogP contribution is -2.43. The summed E-state index contributed by atoms with van der Waals surface area (Å²) in [5, 5.41) is 0. The molecule has 5 heteroatoms. The van der Waals surface area contributed by atoms with E-state index in [1.165, 1.54) is 12.8 Å². The highest BCUT2D eigenvalue weighted by Crippen LogP contribution is 2.32. The molecule has 2 atom stereocenters. The van der Waals surface area contributed by atoms with Gasteiger partial charge in [0.15, 0.2) is 5.78 Å². The molecule has 0 spiro atoms. The van der Waals surface area contributed by atoms with Crippen LogP contribution in [0.2, 0.25) is 0 Å². The van der Waals surface area contributed by atoms with E-state index in [1.807, 2.05) is 6.07 Å². The third kappa shape index (κ3) is 3.44. The second-order valence-electron chi connectivity index (χ2n) is 5.12. The SMILES string of the molecule is CC1CCC(C)N(CC(=O)c2cc(Br)sc2Br)C1. The summed E-state index contributed by atoms with van der Waals surface area (Å²) in [7, 11) is 0. The Kier molecular flexibility index (Phi) is 5.03. The molecule has 0 saturated carbocycles. The standard InChI is InChI=1S/C13H17Br2NOS/c1-8-3-4-9(2)16(6-8)7-11(17)10-5-12(14)18-13(10)15/h5,8-9H,3-4,6-7H2,1-2H3. The normalized spacial score (nSPS) is 25.3. The molecule has 2 nitrogen and oxygen atoms in total. The van der Waals surface area contributed by atoms with Crippen molar-refractivity contribution < 1.29 is 4.79 Å². The summed E-state index contributed by atoms with van der Waals surface area (Å²) >= 11 is 8.43. The molecular formula is C13H17Br2NOS. The number of thiophene rings is 1. The fourth-order valence-corrected chi connectivity index (χ4v) is 5.26. The van der Waals surface area contributed by atoms with Gasteiger partial charge in [0, 0.05) is 18.2 Å². The zero-order chi connectivity index (χ0) is 13.3. The number of ketones is 1. The van der Waals surface area contributed by atoms with Gasteiger partial charge in [0.1, 0.15) is 0 Å². The number of hydrogen-bond donors (Lipinski definition) is 0. The molecule has 2 rings (SSSR count). The van der Waals surface area contributed by atoms with Gasteiger partial charge in [0.2, 0.25) is 0 Å². The van der Waals surface area contributed by atoms with Crippen molar-refractivity contribution in [2.24, 2.45) is 5.92 Å². The topological polar surface area (TPSA) is 20.3 Å². The zero-order valence-corrected chi connectivity index (χ0v) is 14.6. The van der Waals surface area contributed by atoms with Crippen LogP contribution in [0.4, 0.5) is 0 Å². The van der Waals surface area contributed by atoms with Crippen LogP contribution in [0.15, 0.2) is 13.6 Å². The lowest BCUT2D eigenvalue weighted by Gasteiger charge is -2.36. The van der Waals surface area contributed by atoms with Crippen molar-refractivity contribution in [3.8, 4) is 0 Å². The van der Waals surface area contributed by atoms with E-state index in [1.54, 1.807) is 11.3 Å². The van der Waals surface area contributed by atoms with Gasteiger partial charge in [-0.15, -0.1) is 11.3 Å². The van der Waals surface area contributed by atoms with E-state index < -0.39 is 0 Å². The monoisotopic (exact) mass is 393 g/mol. The molecule has 0 amide bonds. The fourth-order valence-electron chi connectivity index (χ4n) is 2.40. The van der Waals surface area contributed by atoms with Crippen LogP contribution >= 0.6 is 43.2 Å². The first-order valence-corrected chi connectivity index (χ1v) is 8.59. The van der Waals surface area contributed by atoms with Gasteiger partial charge in [-0.1, -0.05) is 6.92 Å². The van der Waals surface area contributed by atoms with E-state index in [2.05, 4.69) is 50.6 Å². The minimum Gasteiger partial charge on any atom is -0.293 e. The summed E-state index contributed by atoms with van der Waals surface area (Å²) in [6, 6.07) is 2.43. The minimum absolute atomic E-state index is 0.213. The molecule has 0 radical (unpaired) electrons. The molecule has 0 aliphatic carbocycles. The maximum absolute atomic E-state index is 12.3. The molecule has 0 aromatic carbocycles. The Bertz CT molecular complexity index is 446. The summed E-state index contributed by atoms with van der Waals surface area (Å²) in [6.45, 7) is 6.06. The predicted octanol–water partition coefficient (Wildman–Crippen LogP) is 4.58. The highest BCUT2D eigenvalue weighted by Gasteiger charge is 2.25. The van der Waals surface area contributed by atoms with E-state index in [9.17, 15) is 4.79 Å². The van der Waals surface area contributed by atoms with Crippen molar-refractivity contribution in [1.82, 2.24) is 4.90 Å². The van der Waals surface area contributed by atoms with E-state index in [0.717, 1.165) is 19.7 Å². The molecule has 1 aromatic rings. The number of halogens is 2. The second-order valence-corrected chi connectivity index (χ2v) is 8.87. The number of nitrogens with zero attached hydrogens (tertiary/aromatic N) is 1. The van der Waals surface area contributed by atoms with Crippen LogP contribution in [-0.2, 0) is 0 Å². The predicted molar refractivity (Wildman–Crippen MR) is 83.5 cm³/mol. The van der Waals surface area contributed by atoms with Crippen LogP contribution in [0.3, 0.4) is 0 Å². The molecule has 2 unspecified atom stereocenters. The van der Waals surface area contributed by atoms with Gasteiger partial charge < -0.3 is 0 Å². The Morgan fingerprint density at radius 2 is 2.17 bits per heavy atom. The Balaban J connectivity index is 2.04. The van der Waals surface area contributed by atoms with Gasteiger partial charge in [-0.2, -0.15) is 0 Å². The molecule has 1 aliphatic heterocycles. The summed E-state index contributed by atoms with van der Waals surface area (Å²) < 4.78 is 1.93. The van der Waals surface area contributed by atoms with Crippen LogP contribution in [0, 0.1) is 5.92 Å². The molecule has 2 heterocycles. The fraction of sp³-hybridized carbons (Fsp3) is 0.615. The number of carbonyl (C=O) groups excluding carboxylic acids is 1. The second kappa shape index (κ2) is 6.16. The Hall–Kier alpha value is 0.290. The number of rotatable bonds is 3. The first kappa shape index (κ1) is 14.7. The highest BCUT2D eigenvalue weighted by atomic mass is 79.9. The maximum atomic E-state index is 12.3. The van der Waals surface area contributed by atoms with Crippen LogP contribution in [0.1, 0.15) is 37.0 Å². The molecule has 1 aliphatic rings. The van der Waals surface area contributed by atoms with E-state index >= 15 is 0 Å². The number of likely N-dealkylation sites (tertiary alicyclic amines) is 1. The van der Waals surface area contributed by atoms with E-state index in [-0.39, 0.29) is 5.78 Å². The van der Waals surface area contributed by atoms with Gasteiger partial charge in [-0.3, -0.25) is 9.69 Å². The number of hydrogen-bond acceptors (Lipinski definition) is 3. The average molecular weight is 395 g/mol. The van der Waals surface area contributed by atoms with Crippen LogP contribution < -0.4 is 0 Å². The highest BCUT2D eigenvalue weighted by molar-refractivity contribution is 9.12. The average Bonchev–Trinajstić information content (AvgIpc) is 2.63. The van der Waals surface area contributed by atoms with Gasteiger partial charge in [-0.25, -0.2) is 0 Å². The van der Waals surface area contributed by atoms with Crippen molar-refractivity contribution in [3.05, 3.63) is 19.2 Å². The molecule has 1 fully saturated rings. The Morgan fingerprint density at radius 1 is 1.44 bits per heavy atom. The summed E-state index contributed by atoms with van der Waals surface area (Å²) in [6.07, 6.45) is 2.47. The molecule has 1 saturated heterocycles. The number of carbonyl (C=O) groups is 1. The van der Waals surface area contributed by atoms with Crippen LogP contribution in [0.25, 0.3) is 0 Å². The molecule has 18 heavy (non-hydrogen) atoms. The summed E-state index contributed by atoms with van der Waals surface area (Å²) in [5.41, 5.74) is 0.803. The minimum atomic E-state index is 0.213. The third-order valence-corrected chi connectivity index (χ3v) is 5.89. The van der Waals surface area contributed by atoms with E-state index in [4.69, 9.17) is 0 Å². The maximum Gasteiger partial charge on any atom is 0.178 e. The molecular weight excluding hydrogens is 378 g/mol. The van der Waals surface area contributed by atoms with Crippen molar-refractivity contribution in [2.45, 2.75) is 32.7 Å². The first-order valence-electron chi connectivity index (χ1n) is 6.19. The number of piperidine rings is 1. The van der Waals surface area contributed by atoms with Crippen LogP contribution in [0.5, 0.6) is 0 Å². The van der Waals surface area contributed by atoms with Crippen molar-refractivity contribution in [3.63, 3.8) is 0 Å². The largest absolute Gasteiger partial charge is 0.293 e. The smallest absolute Gasteiger partial charge is 0.178 e. The van der Waals surface area contributed by atoms with E-state index in [0.29, 0.717) is 18.5 Å². The van der Waals surface area contributed by atoms with Crippen LogP contribution in [-0.4, -0.2) is 29.8 Å². The Morgan fingerprint density at radius 3 is 2.78 bits per heavy atom. The lowest BCUT2D eigenvalue weighted by atomic mass is 9.94. The van der Waals surface area contributed by atoms with Gasteiger partial charge in [0.05, 0.1) is 14.1 Å². The first-order chi connectivity index (χ1) is 8.47. The third-order valence-electron chi connectivity index (χ3n) is 3.55. The quantitative estimate of drug-likeness (QED) is 0.699. The molecule has 0 N–H and O–H groups in total. The van der Waals surface area contributed by atoms with Crippen molar-refractivity contribution in [2.75, 3.05) is 13.1 Å². The molecule has 0 bridgehead atoms. The summed E-state index contributed by atoms with van der Waals surface area (Å²) in [5.74, 6) is 0.913. The zero-order valence-electron chi connectivity index (χ0n) is 10.6. The lowest BCUT2D eigenvalue weighted by molar-refractivity contribution is 0.0805. The Labute approximate surface area is 129 Å².